The fraction of sp³-hybridized carbons (Fsp3) is 0.750. The van der Waals surface area contributed by atoms with E-state index in [4.69, 9.17) is 18.9 Å². The molecule has 0 bridgehead atoms. The zero-order valence-electron chi connectivity index (χ0n) is 15.5. The van der Waals surface area contributed by atoms with E-state index >= 15 is 0 Å². The van der Waals surface area contributed by atoms with E-state index in [9.17, 15) is 14.4 Å². The first kappa shape index (κ1) is 20.5. The molecule has 1 fully saturated rings. The molecule has 2 unspecified atom stereocenters. The molecule has 5 atom stereocenters. The van der Waals surface area contributed by atoms with Gasteiger partial charge in [-0.3, -0.25) is 19.4 Å². The molecule has 2 heterocycles. The summed E-state index contributed by atoms with van der Waals surface area (Å²) in [5.74, 6) is -1.55. The van der Waals surface area contributed by atoms with Crippen LogP contribution in [-0.2, 0) is 33.3 Å². The number of esters is 3. The predicted octanol–water partition coefficient (Wildman–Crippen LogP) is 0.561. The first-order chi connectivity index (χ1) is 12.2. The quantitative estimate of drug-likeness (QED) is 0.493. The summed E-state index contributed by atoms with van der Waals surface area (Å²) < 4.78 is 21.8. The summed E-state index contributed by atoms with van der Waals surface area (Å²) in [5.41, 5.74) is -0.435. The second kappa shape index (κ2) is 8.72. The van der Waals surface area contributed by atoms with Gasteiger partial charge in [0.25, 0.3) is 0 Å². The van der Waals surface area contributed by atoms with Crippen LogP contribution in [-0.4, -0.2) is 78.0 Å². The average Bonchev–Trinajstić information content (AvgIpc) is 2.97. The minimum atomic E-state index is -0.923. The second-order valence-electron chi connectivity index (χ2n) is 6.03. The second-order valence-corrected chi connectivity index (χ2v) is 7.09. The average molecular weight is 388 g/mol. The zero-order valence-corrected chi connectivity index (χ0v) is 16.3. The van der Waals surface area contributed by atoms with E-state index < -0.39 is 47.7 Å². The molecule has 2 rings (SSSR count). The van der Waals surface area contributed by atoms with E-state index in [1.165, 1.54) is 32.5 Å². The molecule has 0 spiro atoms. The Balaban J connectivity index is 2.31. The van der Waals surface area contributed by atoms with Gasteiger partial charge in [-0.15, -0.1) is 0 Å². The molecule has 26 heavy (non-hydrogen) atoms. The van der Waals surface area contributed by atoms with E-state index in [1.54, 1.807) is 0 Å². The summed E-state index contributed by atoms with van der Waals surface area (Å²) in [4.78, 5) is 40.9. The van der Waals surface area contributed by atoms with Crippen LogP contribution in [0.25, 0.3) is 0 Å². The Hall–Kier alpha value is -1.81. The largest absolute Gasteiger partial charge is 0.463 e. The van der Waals surface area contributed by atoms with Crippen LogP contribution in [0.15, 0.2) is 4.99 Å². The van der Waals surface area contributed by atoms with Gasteiger partial charge in [-0.05, 0) is 6.92 Å². The molecule has 2 aliphatic heterocycles. The van der Waals surface area contributed by atoms with E-state index in [0.29, 0.717) is 0 Å². The maximum absolute atomic E-state index is 11.6. The highest BCUT2D eigenvalue weighted by Gasteiger charge is 2.53. The van der Waals surface area contributed by atoms with Gasteiger partial charge in [-0.2, -0.15) is 0 Å². The molecule has 10 heteroatoms. The lowest BCUT2D eigenvalue weighted by atomic mass is 9.98. The van der Waals surface area contributed by atoms with E-state index in [2.05, 4.69) is 4.99 Å². The topological polar surface area (TPSA) is 104 Å². The molecule has 146 valence electrons. The summed E-state index contributed by atoms with van der Waals surface area (Å²) in [6.07, 6.45) is -2.51. The highest BCUT2D eigenvalue weighted by molar-refractivity contribution is 8.14. The van der Waals surface area contributed by atoms with E-state index in [0.717, 1.165) is 11.7 Å². The lowest BCUT2D eigenvalue weighted by Crippen LogP contribution is -2.59. The third kappa shape index (κ3) is 4.88. The van der Waals surface area contributed by atoms with Gasteiger partial charge in [0.2, 0.25) is 0 Å². The maximum Gasteiger partial charge on any atom is 0.303 e. The summed E-state index contributed by atoms with van der Waals surface area (Å²) in [6, 6.07) is -0.522. The number of ether oxygens (including phenoxy) is 4. The van der Waals surface area contributed by atoms with Crippen molar-refractivity contribution in [2.45, 2.75) is 57.5 Å². The number of aliphatic imine (C=N–C) groups is 1. The van der Waals surface area contributed by atoms with Crippen molar-refractivity contribution in [3.8, 4) is 0 Å². The van der Waals surface area contributed by atoms with Crippen molar-refractivity contribution in [3.63, 3.8) is 0 Å². The number of thioether (sulfide) groups is 1. The summed E-state index contributed by atoms with van der Waals surface area (Å²) in [7, 11) is 1.89. The standard InChI is InChI=1S/C16H24N2O7S/c1-6-18(5)16-17-12-14(24-10(4)21)13(23-9(3)20)11(7-22-8(2)19)25-15(12)26-16/h11-15H,6-7H2,1-5H3/t11-,12?,13-,14-,15?/m1/s1. The minimum Gasteiger partial charge on any atom is -0.463 e. The number of carbonyl (C=O) groups is 3. The highest BCUT2D eigenvalue weighted by atomic mass is 32.2. The van der Waals surface area contributed by atoms with Crippen molar-refractivity contribution in [2.75, 3.05) is 20.2 Å². The number of nitrogens with zero attached hydrogens (tertiary/aromatic N) is 2. The molecule has 0 saturated carbocycles. The third-order valence-electron chi connectivity index (χ3n) is 3.95. The molecule has 0 amide bonds. The van der Waals surface area contributed by atoms with Crippen LogP contribution in [0.2, 0.25) is 0 Å². The Morgan fingerprint density at radius 2 is 1.73 bits per heavy atom. The van der Waals surface area contributed by atoms with Crippen molar-refractivity contribution >= 4 is 34.8 Å². The van der Waals surface area contributed by atoms with Crippen molar-refractivity contribution in [1.29, 1.82) is 0 Å². The summed E-state index contributed by atoms with van der Waals surface area (Å²) >= 11 is 1.40. The molecule has 0 aromatic rings. The molecule has 0 N–H and O–H groups in total. The molecule has 0 aromatic carbocycles. The fourth-order valence-electron chi connectivity index (χ4n) is 2.71. The van der Waals surface area contributed by atoms with Gasteiger partial charge in [0.1, 0.15) is 24.2 Å². The molecule has 0 aromatic heterocycles. The van der Waals surface area contributed by atoms with Crippen LogP contribution in [0.5, 0.6) is 0 Å². The van der Waals surface area contributed by atoms with Crippen LogP contribution in [0.1, 0.15) is 27.7 Å². The SMILES string of the molecule is CCN(C)C1=NC2C(O[C@H](COC(C)=O)[C@@H](OC(C)=O)[C@@H]2OC(C)=O)S1. The van der Waals surface area contributed by atoms with Gasteiger partial charge in [0.05, 0.1) is 0 Å². The number of hydrogen-bond donors (Lipinski definition) is 0. The number of rotatable bonds is 5. The lowest BCUT2D eigenvalue weighted by Gasteiger charge is -2.41. The van der Waals surface area contributed by atoms with Crippen LogP contribution in [0.3, 0.4) is 0 Å². The maximum atomic E-state index is 11.6. The smallest absolute Gasteiger partial charge is 0.303 e. The van der Waals surface area contributed by atoms with Gasteiger partial charge in [0.15, 0.2) is 17.4 Å². The zero-order chi connectivity index (χ0) is 19.4. The van der Waals surface area contributed by atoms with E-state index in [1.807, 2.05) is 18.9 Å². The Bertz CT molecular complexity index is 597. The molecular weight excluding hydrogens is 364 g/mol. The van der Waals surface area contributed by atoms with Gasteiger partial charge in [0, 0.05) is 34.4 Å². The van der Waals surface area contributed by atoms with Crippen LogP contribution >= 0.6 is 11.8 Å². The van der Waals surface area contributed by atoms with Gasteiger partial charge >= 0.3 is 17.9 Å². The van der Waals surface area contributed by atoms with E-state index in [-0.39, 0.29) is 6.61 Å². The molecule has 2 aliphatic rings. The Labute approximate surface area is 156 Å². The first-order valence-corrected chi connectivity index (χ1v) is 9.19. The molecule has 0 radical (unpaired) electrons. The molecule has 0 aliphatic carbocycles. The van der Waals surface area contributed by atoms with Crippen molar-refractivity contribution in [2.24, 2.45) is 4.99 Å². The van der Waals surface area contributed by atoms with Gasteiger partial charge < -0.3 is 23.8 Å². The summed E-state index contributed by atoms with van der Waals surface area (Å²) in [6.45, 7) is 6.42. The minimum absolute atomic E-state index is 0.117. The van der Waals surface area contributed by atoms with Crippen molar-refractivity contribution < 1.29 is 33.3 Å². The highest BCUT2D eigenvalue weighted by Crippen LogP contribution is 2.39. The lowest BCUT2D eigenvalue weighted by molar-refractivity contribution is -0.208. The van der Waals surface area contributed by atoms with Crippen LogP contribution in [0, 0.1) is 0 Å². The number of amidine groups is 1. The Morgan fingerprint density at radius 3 is 2.27 bits per heavy atom. The Morgan fingerprint density at radius 1 is 1.12 bits per heavy atom. The monoisotopic (exact) mass is 388 g/mol. The molecule has 9 nitrogen and oxygen atoms in total. The fourth-order valence-corrected chi connectivity index (χ4v) is 3.96. The number of fused-ring (bicyclic) bond motifs is 1. The van der Waals surface area contributed by atoms with Crippen molar-refractivity contribution in [3.05, 3.63) is 0 Å². The number of hydrogen-bond acceptors (Lipinski definition) is 10. The third-order valence-corrected chi connectivity index (χ3v) is 5.20. The molecular formula is C16H24N2O7S. The predicted molar refractivity (Wildman–Crippen MR) is 93.5 cm³/mol. The van der Waals surface area contributed by atoms with Crippen molar-refractivity contribution in [1.82, 2.24) is 4.90 Å². The van der Waals surface area contributed by atoms with Crippen LogP contribution < -0.4 is 0 Å². The molecule has 1 saturated heterocycles. The van der Waals surface area contributed by atoms with Gasteiger partial charge in [-0.1, -0.05) is 11.8 Å². The first-order valence-electron chi connectivity index (χ1n) is 8.31. The summed E-state index contributed by atoms with van der Waals surface area (Å²) in [5, 5.41) is 0.745. The normalized spacial score (nSPS) is 30.0. The Kier molecular flexibility index (Phi) is 6.87. The van der Waals surface area contributed by atoms with Crippen LogP contribution in [0.4, 0.5) is 0 Å². The van der Waals surface area contributed by atoms with Gasteiger partial charge in [-0.25, -0.2) is 0 Å². The number of carbonyl (C=O) groups excluding carboxylic acids is 3.